The molecule has 0 aliphatic carbocycles. The Morgan fingerprint density at radius 2 is 2.23 bits per heavy atom. The molecule has 1 atom stereocenters. The van der Waals surface area contributed by atoms with Gasteiger partial charge in [0.2, 0.25) is 5.91 Å². The second-order valence-corrected chi connectivity index (χ2v) is 4.36. The highest BCUT2D eigenvalue weighted by molar-refractivity contribution is 7.85. The summed E-state index contributed by atoms with van der Waals surface area (Å²) in [4.78, 5) is 11.0. The van der Waals surface area contributed by atoms with Crippen LogP contribution in [-0.4, -0.2) is 34.7 Å². The monoisotopic (exact) mass is 206 g/mol. The van der Waals surface area contributed by atoms with Crippen LogP contribution in [0.3, 0.4) is 0 Å². The highest BCUT2D eigenvalue weighted by Crippen LogP contribution is 1.86. The highest BCUT2D eigenvalue weighted by atomic mass is 32.2. The molecular formula is C8H18N2O2S. The predicted molar refractivity (Wildman–Crippen MR) is 54.8 cm³/mol. The van der Waals surface area contributed by atoms with Crippen LogP contribution >= 0.6 is 0 Å². The van der Waals surface area contributed by atoms with Gasteiger partial charge in [-0.3, -0.25) is 9.00 Å². The summed E-state index contributed by atoms with van der Waals surface area (Å²) < 4.78 is 11.2. The van der Waals surface area contributed by atoms with E-state index in [4.69, 9.17) is 5.73 Å². The van der Waals surface area contributed by atoms with Crippen LogP contribution < -0.4 is 11.1 Å². The summed E-state index contributed by atoms with van der Waals surface area (Å²) in [6, 6.07) is 0. The summed E-state index contributed by atoms with van der Waals surface area (Å²) in [7, 11) is -1.05. The number of hydrogen-bond acceptors (Lipinski definition) is 3. The first-order valence-electron chi connectivity index (χ1n) is 4.52. The molecule has 0 radical (unpaired) electrons. The van der Waals surface area contributed by atoms with E-state index in [-0.39, 0.29) is 11.7 Å². The first kappa shape index (κ1) is 12.6. The van der Waals surface area contributed by atoms with Crippen LogP contribution in [0.2, 0.25) is 0 Å². The van der Waals surface area contributed by atoms with Crippen molar-refractivity contribution in [2.24, 2.45) is 5.73 Å². The molecule has 0 bridgehead atoms. The molecule has 0 aliphatic heterocycles. The number of amides is 1. The van der Waals surface area contributed by atoms with Gasteiger partial charge in [-0.1, -0.05) is 6.92 Å². The minimum atomic E-state index is -1.05. The van der Waals surface area contributed by atoms with Crippen LogP contribution in [-0.2, 0) is 15.6 Å². The van der Waals surface area contributed by atoms with Crippen molar-refractivity contribution in [2.75, 3.05) is 24.6 Å². The molecule has 0 fully saturated rings. The van der Waals surface area contributed by atoms with Crippen molar-refractivity contribution in [3.8, 4) is 0 Å². The van der Waals surface area contributed by atoms with Crippen LogP contribution in [0.4, 0.5) is 0 Å². The van der Waals surface area contributed by atoms with Gasteiger partial charge in [0.05, 0.1) is 0 Å². The molecule has 78 valence electrons. The second kappa shape index (κ2) is 8.19. The SMILES string of the molecule is CCCNC(=O)CS(=O)CCCN. The van der Waals surface area contributed by atoms with E-state index in [0.29, 0.717) is 25.3 Å². The smallest absolute Gasteiger partial charge is 0.232 e. The van der Waals surface area contributed by atoms with E-state index in [9.17, 15) is 9.00 Å². The largest absolute Gasteiger partial charge is 0.355 e. The Kier molecular flexibility index (Phi) is 7.93. The molecule has 0 aromatic rings. The summed E-state index contributed by atoms with van der Waals surface area (Å²) in [6.07, 6.45) is 1.62. The molecule has 1 unspecified atom stereocenters. The van der Waals surface area contributed by atoms with Crippen molar-refractivity contribution >= 4 is 16.7 Å². The third-order valence-electron chi connectivity index (χ3n) is 1.44. The fourth-order valence-corrected chi connectivity index (χ4v) is 1.81. The maximum Gasteiger partial charge on any atom is 0.232 e. The highest BCUT2D eigenvalue weighted by Gasteiger charge is 2.05. The van der Waals surface area contributed by atoms with E-state index in [2.05, 4.69) is 5.32 Å². The maximum atomic E-state index is 11.2. The van der Waals surface area contributed by atoms with E-state index < -0.39 is 10.8 Å². The lowest BCUT2D eigenvalue weighted by molar-refractivity contribution is -0.118. The van der Waals surface area contributed by atoms with E-state index in [1.807, 2.05) is 6.92 Å². The van der Waals surface area contributed by atoms with Crippen LogP contribution in [0.5, 0.6) is 0 Å². The van der Waals surface area contributed by atoms with Gasteiger partial charge < -0.3 is 11.1 Å². The summed E-state index contributed by atoms with van der Waals surface area (Å²) in [5.74, 6) is 0.507. The number of nitrogens with two attached hydrogens (primary N) is 1. The molecule has 0 aromatic carbocycles. The van der Waals surface area contributed by atoms with Crippen molar-refractivity contribution < 1.29 is 9.00 Å². The minimum absolute atomic E-state index is 0.111. The van der Waals surface area contributed by atoms with E-state index >= 15 is 0 Å². The first-order chi connectivity index (χ1) is 6.20. The van der Waals surface area contributed by atoms with Gasteiger partial charge >= 0.3 is 0 Å². The Morgan fingerprint density at radius 1 is 1.54 bits per heavy atom. The van der Waals surface area contributed by atoms with Crippen LogP contribution in [0, 0.1) is 0 Å². The Labute approximate surface area is 81.7 Å². The summed E-state index contributed by atoms with van der Waals surface area (Å²) in [5.41, 5.74) is 5.25. The molecule has 0 rings (SSSR count). The maximum absolute atomic E-state index is 11.2. The quantitative estimate of drug-likeness (QED) is 0.596. The van der Waals surface area contributed by atoms with Crippen molar-refractivity contribution in [3.05, 3.63) is 0 Å². The molecule has 13 heavy (non-hydrogen) atoms. The third kappa shape index (κ3) is 7.93. The summed E-state index contributed by atoms with van der Waals surface area (Å²) in [6.45, 7) is 3.17. The Morgan fingerprint density at radius 3 is 2.77 bits per heavy atom. The molecule has 0 saturated carbocycles. The van der Waals surface area contributed by atoms with Crippen LogP contribution in [0.25, 0.3) is 0 Å². The molecule has 0 aliphatic rings. The third-order valence-corrected chi connectivity index (χ3v) is 2.77. The standard InChI is InChI=1S/C8H18N2O2S/c1-2-5-10-8(11)7-13(12)6-3-4-9/h2-7,9H2,1H3,(H,10,11). The molecule has 0 spiro atoms. The van der Waals surface area contributed by atoms with Gasteiger partial charge in [-0.15, -0.1) is 0 Å². The number of hydrogen-bond donors (Lipinski definition) is 2. The van der Waals surface area contributed by atoms with Gasteiger partial charge in [-0.05, 0) is 19.4 Å². The van der Waals surface area contributed by atoms with Crippen LogP contribution in [0.15, 0.2) is 0 Å². The first-order valence-corrected chi connectivity index (χ1v) is 6.01. The topological polar surface area (TPSA) is 72.2 Å². The Hall–Kier alpha value is -0.420. The zero-order chi connectivity index (χ0) is 10.1. The number of carbonyl (C=O) groups is 1. The number of rotatable bonds is 7. The normalized spacial score (nSPS) is 12.5. The van der Waals surface area contributed by atoms with Gasteiger partial charge in [0, 0.05) is 23.1 Å². The summed E-state index contributed by atoms with van der Waals surface area (Å²) >= 11 is 0. The zero-order valence-electron chi connectivity index (χ0n) is 8.04. The second-order valence-electron chi connectivity index (χ2n) is 2.78. The zero-order valence-corrected chi connectivity index (χ0v) is 8.86. The van der Waals surface area contributed by atoms with E-state index in [1.54, 1.807) is 0 Å². The van der Waals surface area contributed by atoms with Crippen molar-refractivity contribution in [3.63, 3.8) is 0 Å². The lowest BCUT2D eigenvalue weighted by Gasteiger charge is -2.02. The van der Waals surface area contributed by atoms with Gasteiger partial charge in [-0.2, -0.15) is 0 Å². The molecule has 3 N–H and O–H groups in total. The lowest BCUT2D eigenvalue weighted by Crippen LogP contribution is -2.29. The number of carbonyl (C=O) groups excluding carboxylic acids is 1. The van der Waals surface area contributed by atoms with Crippen LogP contribution in [0.1, 0.15) is 19.8 Å². The minimum Gasteiger partial charge on any atom is -0.355 e. The Bertz CT molecular complexity index is 156. The fourth-order valence-electron chi connectivity index (χ4n) is 0.778. The van der Waals surface area contributed by atoms with Crippen molar-refractivity contribution in [1.82, 2.24) is 5.32 Å². The average Bonchev–Trinajstić information content (AvgIpc) is 2.11. The molecule has 5 heteroatoms. The van der Waals surface area contributed by atoms with E-state index in [0.717, 1.165) is 6.42 Å². The summed E-state index contributed by atoms with van der Waals surface area (Å²) in [5, 5.41) is 2.68. The lowest BCUT2D eigenvalue weighted by atomic mass is 10.5. The Balaban J connectivity index is 3.47. The van der Waals surface area contributed by atoms with Gasteiger partial charge in [0.1, 0.15) is 5.75 Å². The van der Waals surface area contributed by atoms with Crippen molar-refractivity contribution in [1.29, 1.82) is 0 Å². The number of nitrogens with one attached hydrogen (secondary N) is 1. The average molecular weight is 206 g/mol. The fraction of sp³-hybridized carbons (Fsp3) is 0.875. The van der Waals surface area contributed by atoms with E-state index in [1.165, 1.54) is 0 Å². The van der Waals surface area contributed by atoms with Gasteiger partial charge in [0.15, 0.2) is 0 Å². The van der Waals surface area contributed by atoms with Gasteiger partial charge in [-0.25, -0.2) is 0 Å². The molecule has 0 aromatic heterocycles. The molecule has 4 nitrogen and oxygen atoms in total. The molecular weight excluding hydrogens is 188 g/mol. The molecule has 0 heterocycles. The van der Waals surface area contributed by atoms with Gasteiger partial charge in [0.25, 0.3) is 0 Å². The predicted octanol–water partition coefficient (Wildman–Crippen LogP) is -0.390. The molecule has 0 saturated heterocycles. The molecule has 1 amide bonds. The van der Waals surface area contributed by atoms with Crippen molar-refractivity contribution in [2.45, 2.75) is 19.8 Å².